The van der Waals surface area contributed by atoms with Crippen molar-refractivity contribution >= 4 is 28.7 Å². The largest absolute Gasteiger partial charge is 0.480 e. The Bertz CT molecular complexity index is 1020. The SMILES string of the molecule is O=C(O)Cn1cc([C@@H](C(=O)O)N2CCN(CC(=O)N3CCCC3)CC2)c2ccc(F)cc21. The number of carbonyl (C=O) groups excluding carboxylic acids is 1. The zero-order valence-electron chi connectivity index (χ0n) is 17.7. The van der Waals surface area contributed by atoms with Gasteiger partial charge in [0.2, 0.25) is 5.91 Å². The van der Waals surface area contributed by atoms with Crippen molar-refractivity contribution in [1.82, 2.24) is 19.3 Å². The molecule has 1 amide bonds. The Labute approximate surface area is 184 Å². The minimum Gasteiger partial charge on any atom is -0.480 e. The summed E-state index contributed by atoms with van der Waals surface area (Å²) in [4.78, 5) is 41.7. The van der Waals surface area contributed by atoms with Crippen molar-refractivity contribution in [1.29, 1.82) is 0 Å². The molecule has 1 aromatic carbocycles. The number of likely N-dealkylation sites (tertiary alicyclic amines) is 1. The maximum Gasteiger partial charge on any atom is 0.325 e. The molecule has 0 radical (unpaired) electrons. The fourth-order valence-electron chi connectivity index (χ4n) is 4.71. The summed E-state index contributed by atoms with van der Waals surface area (Å²) < 4.78 is 15.2. The molecule has 2 N–H and O–H groups in total. The number of benzene rings is 1. The molecule has 4 rings (SSSR count). The Hall–Kier alpha value is -2.98. The van der Waals surface area contributed by atoms with Crippen molar-refractivity contribution in [3.63, 3.8) is 0 Å². The van der Waals surface area contributed by atoms with E-state index < -0.39 is 30.3 Å². The third kappa shape index (κ3) is 4.61. The van der Waals surface area contributed by atoms with Crippen molar-refractivity contribution in [3.05, 3.63) is 35.8 Å². The first kappa shape index (κ1) is 22.2. The fraction of sp³-hybridized carbons (Fsp3) is 0.500. The molecule has 0 saturated carbocycles. The second kappa shape index (κ2) is 9.25. The lowest BCUT2D eigenvalue weighted by molar-refractivity contribution is -0.145. The third-order valence-electron chi connectivity index (χ3n) is 6.30. The Kier molecular flexibility index (Phi) is 6.43. The fourth-order valence-corrected chi connectivity index (χ4v) is 4.71. The number of aromatic nitrogens is 1. The van der Waals surface area contributed by atoms with Crippen LogP contribution in [0.4, 0.5) is 4.39 Å². The predicted molar refractivity (Wildman–Crippen MR) is 114 cm³/mol. The van der Waals surface area contributed by atoms with Gasteiger partial charge in [0.05, 0.1) is 12.1 Å². The second-order valence-electron chi connectivity index (χ2n) is 8.41. The smallest absolute Gasteiger partial charge is 0.325 e. The number of carboxylic acid groups (broad SMARTS) is 2. The summed E-state index contributed by atoms with van der Waals surface area (Å²) in [7, 11) is 0. The van der Waals surface area contributed by atoms with Crippen LogP contribution in [0, 0.1) is 5.82 Å². The molecule has 2 fully saturated rings. The molecule has 2 aliphatic heterocycles. The standard InChI is InChI=1S/C22H27FN4O5/c23-15-3-4-16-17(12-27(14-20(29)30)18(16)11-15)21(22(31)32)26-9-7-24(8-10-26)13-19(28)25-5-1-2-6-25/h3-4,11-12,21H,1-2,5-10,13-14H2,(H,29,30)(H,31,32)/t21-/m0/s1. The maximum atomic E-state index is 13.8. The molecule has 32 heavy (non-hydrogen) atoms. The van der Waals surface area contributed by atoms with Crippen molar-refractivity contribution in [2.24, 2.45) is 0 Å². The van der Waals surface area contributed by atoms with E-state index in [-0.39, 0.29) is 5.91 Å². The molecule has 9 nitrogen and oxygen atoms in total. The molecule has 0 unspecified atom stereocenters. The van der Waals surface area contributed by atoms with Crippen molar-refractivity contribution in [2.75, 3.05) is 45.8 Å². The second-order valence-corrected chi connectivity index (χ2v) is 8.41. The van der Waals surface area contributed by atoms with Crippen LogP contribution in [0.15, 0.2) is 24.4 Å². The van der Waals surface area contributed by atoms with Crippen LogP contribution in [0.5, 0.6) is 0 Å². The Morgan fingerprint density at radius 2 is 1.66 bits per heavy atom. The number of halogens is 1. The molecule has 2 aromatic rings. The summed E-state index contributed by atoms with van der Waals surface area (Å²) in [5, 5.41) is 19.7. The lowest BCUT2D eigenvalue weighted by Gasteiger charge is -2.37. The van der Waals surface area contributed by atoms with E-state index in [9.17, 15) is 29.0 Å². The normalized spacial score (nSPS) is 18.8. The van der Waals surface area contributed by atoms with Gasteiger partial charge in [-0.05, 0) is 31.0 Å². The molecule has 10 heteroatoms. The Balaban J connectivity index is 1.52. The monoisotopic (exact) mass is 446 g/mol. The maximum absolute atomic E-state index is 13.8. The van der Waals surface area contributed by atoms with E-state index in [4.69, 9.17) is 0 Å². The van der Waals surface area contributed by atoms with E-state index >= 15 is 0 Å². The average molecular weight is 446 g/mol. The van der Waals surface area contributed by atoms with Gasteiger partial charge in [0.25, 0.3) is 0 Å². The molecule has 0 aliphatic carbocycles. The molecule has 3 heterocycles. The number of nitrogens with zero attached hydrogens (tertiary/aromatic N) is 4. The van der Waals surface area contributed by atoms with E-state index in [0.717, 1.165) is 25.9 Å². The molecule has 2 aliphatic rings. The molecule has 2 saturated heterocycles. The van der Waals surface area contributed by atoms with Gasteiger partial charge in [-0.1, -0.05) is 0 Å². The van der Waals surface area contributed by atoms with E-state index in [2.05, 4.69) is 0 Å². The van der Waals surface area contributed by atoms with Crippen LogP contribution in [-0.4, -0.2) is 93.1 Å². The summed E-state index contributed by atoms with van der Waals surface area (Å²) in [6.07, 6.45) is 3.58. The van der Waals surface area contributed by atoms with Crippen LogP contribution in [-0.2, 0) is 20.9 Å². The van der Waals surface area contributed by atoms with E-state index in [0.29, 0.717) is 49.2 Å². The van der Waals surface area contributed by atoms with Gasteiger partial charge < -0.3 is 19.7 Å². The Morgan fingerprint density at radius 1 is 0.969 bits per heavy atom. The van der Waals surface area contributed by atoms with Gasteiger partial charge in [-0.15, -0.1) is 0 Å². The number of aliphatic carboxylic acids is 2. The van der Waals surface area contributed by atoms with Crippen molar-refractivity contribution in [3.8, 4) is 0 Å². The van der Waals surface area contributed by atoms with Crippen LogP contribution in [0.3, 0.4) is 0 Å². The third-order valence-corrected chi connectivity index (χ3v) is 6.30. The average Bonchev–Trinajstić information content (AvgIpc) is 3.38. The van der Waals surface area contributed by atoms with Gasteiger partial charge in [0.15, 0.2) is 0 Å². The van der Waals surface area contributed by atoms with E-state index in [1.165, 1.54) is 29.0 Å². The Morgan fingerprint density at radius 3 is 2.28 bits per heavy atom. The highest BCUT2D eigenvalue weighted by molar-refractivity contribution is 5.90. The molecular weight excluding hydrogens is 419 g/mol. The van der Waals surface area contributed by atoms with E-state index in [1.807, 2.05) is 14.7 Å². The van der Waals surface area contributed by atoms with Crippen molar-refractivity contribution in [2.45, 2.75) is 25.4 Å². The summed E-state index contributed by atoms with van der Waals surface area (Å²) in [5.74, 6) is -2.55. The number of carbonyl (C=O) groups is 3. The number of rotatable bonds is 7. The quantitative estimate of drug-likeness (QED) is 0.659. The first-order valence-electron chi connectivity index (χ1n) is 10.8. The highest BCUT2D eigenvalue weighted by atomic mass is 19.1. The molecule has 172 valence electrons. The topological polar surface area (TPSA) is 106 Å². The number of hydrogen-bond donors (Lipinski definition) is 2. The summed E-state index contributed by atoms with van der Waals surface area (Å²) in [6, 6.07) is 2.98. The summed E-state index contributed by atoms with van der Waals surface area (Å²) >= 11 is 0. The zero-order valence-corrected chi connectivity index (χ0v) is 17.7. The minimum absolute atomic E-state index is 0.115. The lowest BCUT2D eigenvalue weighted by atomic mass is 10.0. The molecule has 0 bridgehead atoms. The van der Waals surface area contributed by atoms with E-state index in [1.54, 1.807) is 0 Å². The number of hydrogen-bond acceptors (Lipinski definition) is 5. The molecule has 1 atom stereocenters. The van der Waals surface area contributed by atoms with Gasteiger partial charge in [-0.3, -0.25) is 24.2 Å². The van der Waals surface area contributed by atoms with Crippen LogP contribution in [0.25, 0.3) is 10.9 Å². The predicted octanol–water partition coefficient (Wildman–Crippen LogP) is 1.23. The first-order chi connectivity index (χ1) is 15.3. The van der Waals surface area contributed by atoms with Gasteiger partial charge in [-0.25, -0.2) is 4.39 Å². The summed E-state index contributed by atoms with van der Waals surface area (Å²) in [6.45, 7) is 3.59. The highest BCUT2D eigenvalue weighted by Crippen LogP contribution is 2.32. The number of amides is 1. The van der Waals surface area contributed by atoms with Gasteiger partial charge in [0.1, 0.15) is 18.4 Å². The van der Waals surface area contributed by atoms with Crippen LogP contribution in [0.2, 0.25) is 0 Å². The van der Waals surface area contributed by atoms with Crippen LogP contribution < -0.4 is 0 Å². The highest BCUT2D eigenvalue weighted by Gasteiger charge is 2.33. The zero-order chi connectivity index (χ0) is 22.8. The number of fused-ring (bicyclic) bond motifs is 1. The number of carboxylic acids is 2. The number of piperazine rings is 1. The van der Waals surface area contributed by atoms with Crippen molar-refractivity contribution < 1.29 is 29.0 Å². The molecule has 0 spiro atoms. The molecule has 1 aromatic heterocycles. The van der Waals surface area contributed by atoms with Crippen LogP contribution in [0.1, 0.15) is 24.4 Å². The lowest BCUT2D eigenvalue weighted by Crippen LogP contribution is -2.51. The van der Waals surface area contributed by atoms with Gasteiger partial charge in [-0.2, -0.15) is 0 Å². The van der Waals surface area contributed by atoms with Gasteiger partial charge >= 0.3 is 11.9 Å². The van der Waals surface area contributed by atoms with Gasteiger partial charge in [0, 0.05) is 56.4 Å². The van der Waals surface area contributed by atoms with Crippen LogP contribution >= 0.6 is 0 Å². The first-order valence-corrected chi connectivity index (χ1v) is 10.8. The molecular formula is C22H27FN4O5. The minimum atomic E-state index is -1.10. The summed E-state index contributed by atoms with van der Waals surface area (Å²) in [5.41, 5.74) is 0.791.